The van der Waals surface area contributed by atoms with Gasteiger partial charge < -0.3 is 15.3 Å². The first kappa shape index (κ1) is 15.7. The fourth-order valence-corrected chi connectivity index (χ4v) is 2.46. The number of carbonyl (C=O) groups is 2. The number of aliphatic carboxylic acids is 1. The van der Waals surface area contributed by atoms with E-state index in [1.54, 1.807) is 0 Å². The van der Waals surface area contributed by atoms with Crippen LogP contribution in [-0.4, -0.2) is 48.6 Å². The molecule has 1 aliphatic rings. The molecule has 1 aliphatic heterocycles. The number of hydrogen-bond acceptors (Lipinski definition) is 3. The zero-order valence-electron chi connectivity index (χ0n) is 12.0. The minimum atomic E-state index is -1.11. The molecular weight excluding hydrogens is 244 g/mol. The Labute approximate surface area is 114 Å². The summed E-state index contributed by atoms with van der Waals surface area (Å²) in [6, 6.07) is 0. The molecule has 108 valence electrons. The molecule has 5 heteroatoms. The minimum Gasteiger partial charge on any atom is -0.478 e. The number of hydrogen-bond donors (Lipinski definition) is 2. The highest BCUT2D eigenvalue weighted by molar-refractivity contribution is 5.93. The largest absolute Gasteiger partial charge is 0.478 e. The maximum Gasteiger partial charge on any atom is 0.328 e. The highest BCUT2D eigenvalue weighted by Gasteiger charge is 2.31. The van der Waals surface area contributed by atoms with Crippen molar-refractivity contribution in [2.75, 3.05) is 26.7 Å². The number of carboxylic acid groups (broad SMARTS) is 1. The molecule has 5 nitrogen and oxygen atoms in total. The average Bonchev–Trinajstić information content (AvgIpc) is 2.34. The van der Waals surface area contributed by atoms with E-state index >= 15 is 0 Å². The lowest BCUT2D eigenvalue weighted by atomic mass is 9.73. The molecule has 1 rings (SSSR count). The Bertz CT molecular complexity index is 356. The van der Waals surface area contributed by atoms with Crippen molar-refractivity contribution in [1.82, 2.24) is 10.2 Å². The van der Waals surface area contributed by atoms with Crippen LogP contribution in [-0.2, 0) is 9.59 Å². The summed E-state index contributed by atoms with van der Waals surface area (Å²) in [5.41, 5.74) is 0.0357. The maximum absolute atomic E-state index is 11.5. The van der Waals surface area contributed by atoms with E-state index in [-0.39, 0.29) is 11.3 Å². The monoisotopic (exact) mass is 268 g/mol. The van der Waals surface area contributed by atoms with E-state index in [0.29, 0.717) is 12.5 Å². The lowest BCUT2D eigenvalue weighted by Crippen LogP contribution is -2.42. The van der Waals surface area contributed by atoms with E-state index in [0.717, 1.165) is 38.1 Å². The van der Waals surface area contributed by atoms with Gasteiger partial charge >= 0.3 is 5.97 Å². The van der Waals surface area contributed by atoms with Crippen molar-refractivity contribution in [3.8, 4) is 0 Å². The van der Waals surface area contributed by atoms with Gasteiger partial charge in [0.25, 0.3) is 0 Å². The molecule has 0 aromatic heterocycles. The predicted octanol–water partition coefficient (Wildman–Crippen LogP) is 1.11. The van der Waals surface area contributed by atoms with Crippen molar-refractivity contribution in [1.29, 1.82) is 0 Å². The Morgan fingerprint density at radius 3 is 2.42 bits per heavy atom. The summed E-state index contributed by atoms with van der Waals surface area (Å²) in [5, 5.41) is 11.2. The van der Waals surface area contributed by atoms with Gasteiger partial charge in [-0.15, -0.1) is 0 Å². The van der Waals surface area contributed by atoms with Gasteiger partial charge in [-0.25, -0.2) is 4.79 Å². The van der Waals surface area contributed by atoms with Crippen LogP contribution in [0.15, 0.2) is 12.2 Å². The van der Waals surface area contributed by atoms with Crippen LogP contribution in [0.1, 0.15) is 26.7 Å². The Kier molecular flexibility index (Phi) is 5.54. The number of likely N-dealkylation sites (tertiary alicyclic amines) is 1. The van der Waals surface area contributed by atoms with Crippen molar-refractivity contribution in [2.24, 2.45) is 11.3 Å². The van der Waals surface area contributed by atoms with Gasteiger partial charge in [0.2, 0.25) is 5.91 Å². The van der Waals surface area contributed by atoms with E-state index in [9.17, 15) is 9.59 Å². The zero-order valence-corrected chi connectivity index (χ0v) is 12.0. The summed E-state index contributed by atoms with van der Waals surface area (Å²) in [6.07, 6.45) is 4.21. The number of nitrogens with zero attached hydrogens (tertiary/aromatic N) is 1. The zero-order chi connectivity index (χ0) is 14.5. The first-order valence-corrected chi connectivity index (χ1v) is 6.68. The smallest absolute Gasteiger partial charge is 0.328 e. The highest BCUT2D eigenvalue weighted by Crippen LogP contribution is 2.34. The Morgan fingerprint density at radius 2 is 1.89 bits per heavy atom. The molecular formula is C14H24N2O3. The second-order valence-electron chi connectivity index (χ2n) is 5.96. The van der Waals surface area contributed by atoms with Gasteiger partial charge in [0.05, 0.1) is 0 Å². The van der Waals surface area contributed by atoms with E-state index in [1.807, 2.05) is 0 Å². The van der Waals surface area contributed by atoms with Crippen LogP contribution < -0.4 is 5.32 Å². The SMILES string of the molecule is CN1CCC(C(C)(C)CNC(=O)/C=C/C(=O)O)CC1. The van der Waals surface area contributed by atoms with E-state index in [1.165, 1.54) is 0 Å². The number of piperidine rings is 1. The van der Waals surface area contributed by atoms with Crippen LogP contribution in [0.25, 0.3) is 0 Å². The molecule has 0 aliphatic carbocycles. The summed E-state index contributed by atoms with van der Waals surface area (Å²) >= 11 is 0. The quantitative estimate of drug-likeness (QED) is 0.733. The second-order valence-corrected chi connectivity index (χ2v) is 5.96. The first-order valence-electron chi connectivity index (χ1n) is 6.68. The van der Waals surface area contributed by atoms with Crippen LogP contribution in [0.2, 0.25) is 0 Å². The molecule has 1 amide bonds. The maximum atomic E-state index is 11.5. The third kappa shape index (κ3) is 5.42. The minimum absolute atomic E-state index is 0.0357. The van der Waals surface area contributed by atoms with Crippen LogP contribution in [0.3, 0.4) is 0 Å². The van der Waals surface area contributed by atoms with Gasteiger partial charge in [-0.1, -0.05) is 13.8 Å². The molecule has 19 heavy (non-hydrogen) atoms. The van der Waals surface area contributed by atoms with E-state index in [2.05, 4.69) is 31.1 Å². The van der Waals surface area contributed by atoms with E-state index < -0.39 is 5.97 Å². The predicted molar refractivity (Wildman–Crippen MR) is 73.8 cm³/mol. The third-order valence-corrected chi connectivity index (χ3v) is 3.92. The van der Waals surface area contributed by atoms with Gasteiger partial charge in [0.1, 0.15) is 0 Å². The molecule has 1 heterocycles. The first-order chi connectivity index (χ1) is 8.81. The highest BCUT2D eigenvalue weighted by atomic mass is 16.4. The van der Waals surface area contributed by atoms with Crippen molar-refractivity contribution in [2.45, 2.75) is 26.7 Å². The molecule has 1 saturated heterocycles. The summed E-state index contributed by atoms with van der Waals surface area (Å²) in [4.78, 5) is 24.1. The number of rotatable bonds is 5. The van der Waals surface area contributed by atoms with E-state index in [4.69, 9.17) is 5.11 Å². The molecule has 0 spiro atoms. The van der Waals surface area contributed by atoms with Gasteiger partial charge in [-0.3, -0.25) is 4.79 Å². The lowest BCUT2D eigenvalue weighted by molar-refractivity contribution is -0.131. The molecule has 0 saturated carbocycles. The Morgan fingerprint density at radius 1 is 1.32 bits per heavy atom. The molecule has 0 aromatic carbocycles. The molecule has 0 aromatic rings. The van der Waals surface area contributed by atoms with Crippen LogP contribution in [0.4, 0.5) is 0 Å². The normalized spacial score (nSPS) is 18.7. The van der Waals surface area contributed by atoms with Crippen molar-refractivity contribution < 1.29 is 14.7 Å². The van der Waals surface area contributed by atoms with Crippen molar-refractivity contribution >= 4 is 11.9 Å². The van der Waals surface area contributed by atoms with Crippen molar-refractivity contribution in [3.63, 3.8) is 0 Å². The standard InChI is InChI=1S/C14H24N2O3/c1-14(2,11-6-8-16(3)9-7-11)10-15-12(17)4-5-13(18)19/h4-5,11H,6-10H2,1-3H3,(H,15,17)(H,18,19)/b5-4+. The number of nitrogens with one attached hydrogen (secondary N) is 1. The molecule has 0 atom stereocenters. The summed E-state index contributed by atoms with van der Waals surface area (Å²) in [6.45, 7) is 7.08. The van der Waals surface area contributed by atoms with Gasteiger partial charge in [-0.05, 0) is 44.3 Å². The van der Waals surface area contributed by atoms with Crippen molar-refractivity contribution in [3.05, 3.63) is 12.2 Å². The number of carboxylic acids is 1. The molecule has 0 radical (unpaired) electrons. The molecule has 0 unspecified atom stereocenters. The summed E-state index contributed by atoms with van der Waals surface area (Å²) in [7, 11) is 2.13. The fraction of sp³-hybridized carbons (Fsp3) is 0.714. The summed E-state index contributed by atoms with van der Waals surface area (Å²) < 4.78 is 0. The van der Waals surface area contributed by atoms with Crippen LogP contribution >= 0.6 is 0 Å². The van der Waals surface area contributed by atoms with Gasteiger partial charge in [0.15, 0.2) is 0 Å². The summed E-state index contributed by atoms with van der Waals surface area (Å²) in [5.74, 6) is -0.861. The number of amides is 1. The van der Waals surface area contributed by atoms with Crippen LogP contribution in [0.5, 0.6) is 0 Å². The Hall–Kier alpha value is -1.36. The molecule has 1 fully saturated rings. The molecule has 2 N–H and O–H groups in total. The number of carbonyl (C=O) groups excluding carboxylic acids is 1. The third-order valence-electron chi connectivity index (χ3n) is 3.92. The topological polar surface area (TPSA) is 69.6 Å². The van der Waals surface area contributed by atoms with Gasteiger partial charge in [-0.2, -0.15) is 0 Å². The second kappa shape index (κ2) is 6.70. The fourth-order valence-electron chi connectivity index (χ4n) is 2.46. The lowest BCUT2D eigenvalue weighted by Gasteiger charge is -2.39. The van der Waals surface area contributed by atoms with Crippen LogP contribution in [0, 0.1) is 11.3 Å². The molecule has 0 bridgehead atoms. The van der Waals surface area contributed by atoms with Gasteiger partial charge in [0, 0.05) is 18.7 Å². The Balaban J connectivity index is 2.42. The average molecular weight is 268 g/mol.